The van der Waals surface area contributed by atoms with Gasteiger partial charge in [0.2, 0.25) is 17.7 Å². The van der Waals surface area contributed by atoms with Crippen molar-refractivity contribution in [2.24, 2.45) is 11.8 Å². The van der Waals surface area contributed by atoms with Crippen LogP contribution >= 0.6 is 0 Å². The second kappa shape index (κ2) is 9.18. The van der Waals surface area contributed by atoms with E-state index in [0.29, 0.717) is 17.9 Å². The Labute approximate surface area is 216 Å². The lowest BCUT2D eigenvalue weighted by Crippen LogP contribution is -2.48. The number of amides is 3. The van der Waals surface area contributed by atoms with Crippen LogP contribution in [0.3, 0.4) is 0 Å². The van der Waals surface area contributed by atoms with Crippen molar-refractivity contribution in [1.82, 2.24) is 4.90 Å². The molecule has 4 aliphatic rings. The number of hydrogen-bond donors (Lipinski definition) is 1. The molecule has 1 aliphatic heterocycles. The number of hydrogen-bond acceptors (Lipinski definition) is 4. The number of methoxy groups -OCH3 is 1. The fraction of sp³-hybridized carbons (Fsp3) is 0.323. The molecule has 1 heterocycles. The number of carbonyl (C=O) groups is 3. The molecule has 1 N–H and O–H groups in total. The first-order chi connectivity index (χ1) is 18.1. The smallest absolute Gasteiger partial charge is 0.247 e. The van der Waals surface area contributed by atoms with Crippen molar-refractivity contribution >= 4 is 23.4 Å². The van der Waals surface area contributed by atoms with Crippen LogP contribution < -0.4 is 10.1 Å². The molecule has 3 atom stereocenters. The number of anilines is 1. The van der Waals surface area contributed by atoms with Gasteiger partial charge in [-0.3, -0.25) is 19.3 Å². The average molecular weight is 495 g/mol. The van der Waals surface area contributed by atoms with E-state index in [2.05, 4.69) is 29.6 Å². The maximum atomic E-state index is 14.1. The van der Waals surface area contributed by atoms with Crippen LogP contribution in [0.2, 0.25) is 0 Å². The molecular formula is C31H30N2O4. The fourth-order valence-corrected chi connectivity index (χ4v) is 6.75. The topological polar surface area (TPSA) is 75.7 Å². The van der Waals surface area contributed by atoms with E-state index in [0.717, 1.165) is 35.1 Å². The van der Waals surface area contributed by atoms with Gasteiger partial charge in [-0.25, -0.2) is 0 Å². The van der Waals surface area contributed by atoms with Crippen LogP contribution in [0.1, 0.15) is 60.3 Å². The predicted molar refractivity (Wildman–Crippen MR) is 140 cm³/mol. The zero-order valence-corrected chi connectivity index (χ0v) is 21.0. The van der Waals surface area contributed by atoms with E-state index < -0.39 is 17.9 Å². The van der Waals surface area contributed by atoms with Crippen molar-refractivity contribution in [3.05, 3.63) is 95.1 Å². The number of likely N-dealkylation sites (tertiary alicyclic amines) is 1. The van der Waals surface area contributed by atoms with Crippen molar-refractivity contribution in [2.45, 2.75) is 44.1 Å². The van der Waals surface area contributed by atoms with E-state index in [9.17, 15) is 14.4 Å². The summed E-state index contributed by atoms with van der Waals surface area (Å²) in [6.07, 6.45) is 2.00. The zero-order chi connectivity index (χ0) is 25.7. The highest BCUT2D eigenvalue weighted by atomic mass is 16.5. The summed E-state index contributed by atoms with van der Waals surface area (Å²) in [4.78, 5) is 43.3. The van der Waals surface area contributed by atoms with Gasteiger partial charge in [0.05, 0.1) is 24.6 Å². The van der Waals surface area contributed by atoms with Crippen molar-refractivity contribution in [2.75, 3.05) is 12.4 Å². The highest BCUT2D eigenvalue weighted by molar-refractivity contribution is 6.11. The number of nitrogens with zero attached hydrogens (tertiary/aromatic N) is 1. The fourth-order valence-electron chi connectivity index (χ4n) is 6.75. The lowest BCUT2D eigenvalue weighted by molar-refractivity contribution is -0.147. The van der Waals surface area contributed by atoms with Crippen LogP contribution in [0.4, 0.5) is 5.69 Å². The number of nitrogens with one attached hydrogen (secondary N) is 1. The third kappa shape index (κ3) is 3.50. The summed E-state index contributed by atoms with van der Waals surface area (Å²) in [6, 6.07) is 22.6. The van der Waals surface area contributed by atoms with Gasteiger partial charge in [0.1, 0.15) is 11.8 Å². The average Bonchev–Trinajstić information content (AvgIpc) is 3.19. The molecule has 0 aromatic heterocycles. The van der Waals surface area contributed by atoms with Gasteiger partial charge in [0.15, 0.2) is 0 Å². The number of ether oxygens (including phenoxy) is 1. The van der Waals surface area contributed by atoms with Crippen LogP contribution in [0.15, 0.2) is 72.8 Å². The standard InChI is InChI=1S/C31H30N2O4/c1-3-4-16-23(29(34)32-22-15-9-10-17-24(22)37-2)33-30(35)27-25-18-11-5-6-12-19(18)26(28(27)31(33)36)21-14-8-7-13-20(21)25/h5-15,17,23,25-28H,3-4,16H2,1-2H3,(H,32,34)/t23-,25?,26?,27-,28+/m0/s1. The van der Waals surface area contributed by atoms with E-state index in [1.807, 2.05) is 43.3 Å². The Morgan fingerprint density at radius 1 is 0.838 bits per heavy atom. The normalized spacial score (nSPS) is 23.8. The van der Waals surface area contributed by atoms with E-state index in [-0.39, 0.29) is 29.6 Å². The van der Waals surface area contributed by atoms with Gasteiger partial charge in [-0.2, -0.15) is 0 Å². The first-order valence-corrected chi connectivity index (χ1v) is 13.0. The minimum Gasteiger partial charge on any atom is -0.495 e. The summed E-state index contributed by atoms with van der Waals surface area (Å²) < 4.78 is 5.40. The van der Waals surface area contributed by atoms with Crippen molar-refractivity contribution in [3.63, 3.8) is 0 Å². The molecule has 6 heteroatoms. The zero-order valence-electron chi connectivity index (χ0n) is 21.0. The third-order valence-electron chi connectivity index (χ3n) is 8.29. The Morgan fingerprint density at radius 3 is 1.81 bits per heavy atom. The van der Waals surface area contributed by atoms with Gasteiger partial charge in [0.25, 0.3) is 0 Å². The molecule has 1 saturated heterocycles. The van der Waals surface area contributed by atoms with E-state index >= 15 is 0 Å². The number of benzene rings is 3. The maximum absolute atomic E-state index is 14.1. The van der Waals surface area contributed by atoms with E-state index in [4.69, 9.17) is 4.74 Å². The molecule has 3 aromatic carbocycles. The van der Waals surface area contributed by atoms with Crippen molar-refractivity contribution < 1.29 is 19.1 Å². The van der Waals surface area contributed by atoms with E-state index in [1.54, 1.807) is 19.2 Å². The van der Waals surface area contributed by atoms with Crippen LogP contribution in [0, 0.1) is 11.8 Å². The Hall–Kier alpha value is -3.93. The molecule has 0 radical (unpaired) electrons. The summed E-state index contributed by atoms with van der Waals surface area (Å²) in [5, 5.41) is 2.93. The summed E-state index contributed by atoms with van der Waals surface area (Å²) in [6.45, 7) is 2.04. The highest BCUT2D eigenvalue weighted by Crippen LogP contribution is 2.61. The van der Waals surface area contributed by atoms with Crippen LogP contribution in [0.25, 0.3) is 0 Å². The molecular weight excluding hydrogens is 464 g/mol. The molecule has 1 fully saturated rings. The summed E-state index contributed by atoms with van der Waals surface area (Å²) in [5.74, 6) is -1.66. The van der Waals surface area contributed by atoms with Gasteiger partial charge < -0.3 is 10.1 Å². The highest BCUT2D eigenvalue weighted by Gasteiger charge is 2.62. The van der Waals surface area contributed by atoms with Crippen LogP contribution in [-0.2, 0) is 14.4 Å². The minimum absolute atomic E-state index is 0.187. The summed E-state index contributed by atoms with van der Waals surface area (Å²) in [7, 11) is 1.54. The second-order valence-electron chi connectivity index (χ2n) is 10.2. The Morgan fingerprint density at radius 2 is 1.32 bits per heavy atom. The molecule has 2 bridgehead atoms. The quantitative estimate of drug-likeness (QED) is 0.465. The number of para-hydroxylation sites is 2. The molecule has 188 valence electrons. The SMILES string of the molecule is CCCC[C@@H](C(=O)Nc1ccccc1OC)N1C(=O)[C@@H]2C3c4ccccc4C(c4ccccc43)[C@@H]2C1=O. The summed E-state index contributed by atoms with van der Waals surface area (Å²) >= 11 is 0. The number of imide groups is 1. The van der Waals surface area contributed by atoms with Crippen LogP contribution in [-0.4, -0.2) is 35.8 Å². The molecule has 37 heavy (non-hydrogen) atoms. The van der Waals surface area contributed by atoms with Gasteiger partial charge in [-0.1, -0.05) is 80.4 Å². The molecule has 3 aliphatic carbocycles. The van der Waals surface area contributed by atoms with Crippen molar-refractivity contribution in [3.8, 4) is 5.75 Å². The van der Waals surface area contributed by atoms with E-state index in [1.165, 1.54) is 4.90 Å². The lowest BCUT2D eigenvalue weighted by Gasteiger charge is -2.45. The Kier molecular flexibility index (Phi) is 5.82. The minimum atomic E-state index is -0.874. The first kappa shape index (κ1) is 23.5. The van der Waals surface area contributed by atoms with Gasteiger partial charge >= 0.3 is 0 Å². The number of unbranched alkanes of at least 4 members (excludes halogenated alkanes) is 1. The second-order valence-corrected chi connectivity index (χ2v) is 10.2. The first-order valence-electron chi connectivity index (χ1n) is 13.0. The largest absolute Gasteiger partial charge is 0.495 e. The van der Waals surface area contributed by atoms with Gasteiger partial charge in [-0.15, -0.1) is 0 Å². The molecule has 7 rings (SSSR count). The summed E-state index contributed by atoms with van der Waals surface area (Å²) in [5.41, 5.74) is 5.02. The van der Waals surface area contributed by atoms with Crippen molar-refractivity contribution in [1.29, 1.82) is 0 Å². The van der Waals surface area contributed by atoms with Crippen LogP contribution in [0.5, 0.6) is 5.75 Å². The molecule has 0 spiro atoms. The lowest BCUT2D eigenvalue weighted by atomic mass is 9.55. The monoisotopic (exact) mass is 494 g/mol. The Bertz CT molecular complexity index is 1280. The molecule has 3 amide bonds. The molecule has 6 nitrogen and oxygen atoms in total. The number of rotatable bonds is 7. The maximum Gasteiger partial charge on any atom is 0.247 e. The van der Waals surface area contributed by atoms with Gasteiger partial charge in [-0.05, 0) is 40.8 Å². The Balaban J connectivity index is 1.40. The molecule has 3 aromatic rings. The molecule has 0 unspecified atom stereocenters. The predicted octanol–water partition coefficient (Wildman–Crippen LogP) is 5.08. The third-order valence-corrected chi connectivity index (χ3v) is 8.29. The van der Waals surface area contributed by atoms with Gasteiger partial charge in [0, 0.05) is 11.8 Å². The molecule has 0 saturated carbocycles. The number of carbonyl (C=O) groups excluding carboxylic acids is 3.